The number of aliphatic hydroxyl groups excluding tert-OH is 4. The second-order valence-electron chi connectivity index (χ2n) is 15.1. The molecule has 1 fully saturated rings. The van der Waals surface area contributed by atoms with Crippen molar-refractivity contribution in [2.75, 3.05) is 19.8 Å². The van der Waals surface area contributed by atoms with Crippen LogP contribution >= 0.6 is 0 Å². The Bertz CT molecular complexity index is 1230. The summed E-state index contributed by atoms with van der Waals surface area (Å²) >= 11 is 0. The fourth-order valence-electron chi connectivity index (χ4n) is 6.25. The average Bonchev–Trinajstić information content (AvgIpc) is 3.23. The van der Waals surface area contributed by atoms with E-state index in [9.17, 15) is 30.0 Å². The van der Waals surface area contributed by atoms with E-state index in [1.54, 1.807) is 0 Å². The molecule has 1 rings (SSSR count). The van der Waals surface area contributed by atoms with Crippen LogP contribution in [0.25, 0.3) is 0 Å². The van der Waals surface area contributed by atoms with Gasteiger partial charge in [-0.1, -0.05) is 144 Å². The number of hydrogen-bond acceptors (Lipinski definition) is 10. The zero-order valence-corrected chi connectivity index (χ0v) is 36.5. The number of esters is 2. The van der Waals surface area contributed by atoms with E-state index in [2.05, 4.69) is 98.9 Å². The lowest BCUT2D eigenvalue weighted by molar-refractivity contribution is -0.305. The minimum Gasteiger partial charge on any atom is -0.462 e. The minimum absolute atomic E-state index is 0.209. The predicted molar refractivity (Wildman–Crippen MR) is 237 cm³/mol. The van der Waals surface area contributed by atoms with E-state index in [1.807, 2.05) is 0 Å². The molecule has 10 nitrogen and oxygen atoms in total. The first kappa shape index (κ1) is 53.9. The molecule has 0 radical (unpaired) electrons. The smallest absolute Gasteiger partial charge is 0.306 e. The highest BCUT2D eigenvalue weighted by Gasteiger charge is 2.44. The lowest BCUT2D eigenvalue weighted by Crippen LogP contribution is -2.59. The molecule has 1 saturated heterocycles. The predicted octanol–water partition coefficient (Wildman–Crippen LogP) is 9.77. The summed E-state index contributed by atoms with van der Waals surface area (Å²) in [6.45, 7) is 3.14. The third kappa shape index (κ3) is 30.5. The Kier molecular flexibility index (Phi) is 35.7. The van der Waals surface area contributed by atoms with Crippen molar-refractivity contribution < 1.29 is 49.0 Å². The van der Waals surface area contributed by atoms with Crippen molar-refractivity contribution in [3.8, 4) is 0 Å². The van der Waals surface area contributed by atoms with Crippen LogP contribution in [0.1, 0.15) is 155 Å². The van der Waals surface area contributed by atoms with E-state index >= 15 is 0 Å². The van der Waals surface area contributed by atoms with Crippen LogP contribution in [0.15, 0.2) is 85.1 Å². The first-order valence-corrected chi connectivity index (χ1v) is 22.7. The Hall–Kier alpha value is -3.12. The normalized spacial score (nSPS) is 20.8. The molecule has 0 aliphatic carbocycles. The second-order valence-corrected chi connectivity index (χ2v) is 15.1. The van der Waals surface area contributed by atoms with Crippen LogP contribution in [0.5, 0.6) is 0 Å². The molecule has 1 heterocycles. The third-order valence-electron chi connectivity index (χ3n) is 9.78. The van der Waals surface area contributed by atoms with Crippen molar-refractivity contribution in [2.45, 2.75) is 192 Å². The average molecular weight is 829 g/mol. The summed E-state index contributed by atoms with van der Waals surface area (Å²) in [5.74, 6) is -0.859. The number of aliphatic hydroxyl groups is 4. The Balaban J connectivity index is 2.33. The minimum atomic E-state index is -1.61. The van der Waals surface area contributed by atoms with Crippen LogP contribution in [0.4, 0.5) is 0 Å². The van der Waals surface area contributed by atoms with Gasteiger partial charge in [0.05, 0.1) is 13.2 Å². The number of carbonyl (C=O) groups is 2. The van der Waals surface area contributed by atoms with E-state index in [0.29, 0.717) is 12.8 Å². The van der Waals surface area contributed by atoms with Crippen LogP contribution in [0.3, 0.4) is 0 Å². The molecule has 1 aliphatic rings. The lowest BCUT2D eigenvalue weighted by Gasteiger charge is -2.39. The van der Waals surface area contributed by atoms with E-state index in [1.165, 1.54) is 25.7 Å². The molecule has 0 bridgehead atoms. The highest BCUT2D eigenvalue weighted by molar-refractivity contribution is 5.70. The molecule has 4 N–H and O–H groups in total. The first-order valence-electron chi connectivity index (χ1n) is 22.7. The van der Waals surface area contributed by atoms with E-state index in [-0.39, 0.29) is 26.1 Å². The van der Waals surface area contributed by atoms with Crippen molar-refractivity contribution in [3.05, 3.63) is 85.1 Å². The molecule has 0 aromatic rings. The van der Waals surface area contributed by atoms with Gasteiger partial charge in [-0.2, -0.15) is 0 Å². The molecule has 0 amide bonds. The highest BCUT2D eigenvalue weighted by atomic mass is 16.7. The van der Waals surface area contributed by atoms with Crippen molar-refractivity contribution in [1.82, 2.24) is 0 Å². The van der Waals surface area contributed by atoms with Crippen molar-refractivity contribution in [1.29, 1.82) is 0 Å². The summed E-state index contributed by atoms with van der Waals surface area (Å²) in [5.41, 5.74) is 0. The molecule has 6 unspecified atom stereocenters. The Morgan fingerprint density at radius 3 is 1.44 bits per heavy atom. The Morgan fingerprint density at radius 1 is 0.525 bits per heavy atom. The third-order valence-corrected chi connectivity index (χ3v) is 9.78. The molecular weight excluding hydrogens is 749 g/mol. The molecule has 10 heteroatoms. The van der Waals surface area contributed by atoms with Gasteiger partial charge in [-0.05, 0) is 83.5 Å². The molecular formula is C49H80O10. The van der Waals surface area contributed by atoms with Gasteiger partial charge >= 0.3 is 11.9 Å². The number of allylic oxidation sites excluding steroid dienone is 14. The summed E-state index contributed by atoms with van der Waals surface area (Å²) in [6.07, 6.45) is 43.0. The topological polar surface area (TPSA) is 152 Å². The molecule has 0 aromatic heterocycles. The molecule has 1 aliphatic heterocycles. The maximum Gasteiger partial charge on any atom is 0.306 e. The van der Waals surface area contributed by atoms with Gasteiger partial charge in [-0.15, -0.1) is 0 Å². The zero-order valence-electron chi connectivity index (χ0n) is 36.5. The highest BCUT2D eigenvalue weighted by Crippen LogP contribution is 2.22. The largest absolute Gasteiger partial charge is 0.462 e. The summed E-state index contributed by atoms with van der Waals surface area (Å²) in [7, 11) is 0. The monoisotopic (exact) mass is 829 g/mol. The number of rotatable bonds is 36. The lowest BCUT2D eigenvalue weighted by atomic mass is 9.99. The summed E-state index contributed by atoms with van der Waals surface area (Å²) in [6, 6.07) is 0. The first-order chi connectivity index (χ1) is 28.8. The van der Waals surface area contributed by atoms with Crippen molar-refractivity contribution >= 4 is 11.9 Å². The van der Waals surface area contributed by atoms with Crippen LogP contribution in [0.2, 0.25) is 0 Å². The van der Waals surface area contributed by atoms with Gasteiger partial charge in [-0.25, -0.2) is 0 Å². The fourth-order valence-corrected chi connectivity index (χ4v) is 6.25. The van der Waals surface area contributed by atoms with Crippen LogP contribution < -0.4 is 0 Å². The number of carbonyl (C=O) groups excluding carboxylic acids is 2. The maximum absolute atomic E-state index is 12.8. The standard InChI is InChI=1S/C49H80O10/c1-3-5-7-9-11-13-15-17-18-19-20-21-22-23-24-26-28-30-32-34-36-38-45(52)58-42(41-57-49-48(55)47(54)46(53)43(39-50)59-49)40-56-44(51)37-35-33-31-29-27-25-16-14-12-10-8-6-4-2/h5-8,11-14,17-18,20-21,25,27,42-43,46-50,53-55H,3-4,9-10,15-16,19,22-24,26,28-41H2,1-2H3/b7-5-,8-6-,13-11-,14-12-,18-17-,21-20-,27-25-. The molecule has 0 saturated carbocycles. The zero-order chi connectivity index (χ0) is 43.0. The fraction of sp³-hybridized carbons (Fsp3) is 0.673. The van der Waals surface area contributed by atoms with Crippen LogP contribution in [0, 0.1) is 0 Å². The summed E-state index contributed by atoms with van der Waals surface area (Å²) < 4.78 is 22.1. The molecule has 0 aromatic carbocycles. The van der Waals surface area contributed by atoms with Gasteiger partial charge in [0, 0.05) is 12.8 Å². The number of ether oxygens (including phenoxy) is 4. The Labute approximate surface area is 356 Å². The van der Waals surface area contributed by atoms with Gasteiger partial charge in [0.2, 0.25) is 0 Å². The van der Waals surface area contributed by atoms with E-state index in [4.69, 9.17) is 18.9 Å². The number of hydrogen-bond donors (Lipinski definition) is 4. The van der Waals surface area contributed by atoms with Crippen molar-refractivity contribution in [2.24, 2.45) is 0 Å². The van der Waals surface area contributed by atoms with Gasteiger partial charge in [0.25, 0.3) is 0 Å². The molecule has 336 valence electrons. The van der Waals surface area contributed by atoms with Crippen LogP contribution in [-0.4, -0.2) is 89.0 Å². The van der Waals surface area contributed by atoms with E-state index < -0.39 is 55.4 Å². The second kappa shape index (κ2) is 39.0. The van der Waals surface area contributed by atoms with Gasteiger partial charge in [0.1, 0.15) is 31.0 Å². The number of unbranched alkanes of at least 4 members (excludes halogenated alkanes) is 11. The molecule has 59 heavy (non-hydrogen) atoms. The van der Waals surface area contributed by atoms with Crippen LogP contribution in [-0.2, 0) is 28.5 Å². The quantitative estimate of drug-likeness (QED) is 0.0273. The van der Waals surface area contributed by atoms with Gasteiger partial charge in [0.15, 0.2) is 12.4 Å². The SMILES string of the molecule is CC/C=C\C/C=C\C/C=C\C/C=C\CCCCCCCCCCC(=O)OC(COC(=O)CCCCC/C=C\C/C=C\C/C=C\CC)COC1OC(CO)C(O)C(O)C1O. The van der Waals surface area contributed by atoms with Gasteiger partial charge in [-0.3, -0.25) is 9.59 Å². The van der Waals surface area contributed by atoms with Crippen molar-refractivity contribution in [3.63, 3.8) is 0 Å². The molecule has 6 atom stereocenters. The van der Waals surface area contributed by atoms with Gasteiger partial charge < -0.3 is 39.4 Å². The summed E-state index contributed by atoms with van der Waals surface area (Å²) in [5, 5.41) is 40.1. The summed E-state index contributed by atoms with van der Waals surface area (Å²) in [4.78, 5) is 25.3. The van der Waals surface area contributed by atoms with E-state index in [0.717, 1.165) is 89.9 Å². The molecule has 0 spiro atoms. The maximum atomic E-state index is 12.8. The Morgan fingerprint density at radius 2 is 0.949 bits per heavy atom.